The van der Waals surface area contributed by atoms with Crippen molar-refractivity contribution in [2.45, 2.75) is 37.5 Å². The number of fused-ring (bicyclic) bond motifs is 3. The Balaban J connectivity index is 0.00000161. The molecule has 0 radical (unpaired) electrons. The van der Waals surface area contributed by atoms with Crippen LogP contribution < -0.4 is 5.32 Å². The van der Waals surface area contributed by atoms with Crippen LogP contribution in [-0.4, -0.2) is 25.5 Å². The number of halogens is 4. The van der Waals surface area contributed by atoms with Crippen LogP contribution >= 0.6 is 12.4 Å². The third-order valence-electron chi connectivity index (χ3n) is 4.27. The summed E-state index contributed by atoms with van der Waals surface area (Å²) in [5, 5.41) is 3.16. The molecule has 3 nitrogen and oxygen atoms in total. The van der Waals surface area contributed by atoms with E-state index in [-0.39, 0.29) is 36.7 Å². The van der Waals surface area contributed by atoms with Crippen molar-refractivity contribution in [2.75, 3.05) is 13.7 Å². The highest BCUT2D eigenvalue weighted by molar-refractivity contribution is 5.85. The van der Waals surface area contributed by atoms with Crippen LogP contribution in [0, 0.1) is 0 Å². The van der Waals surface area contributed by atoms with Gasteiger partial charge >= 0.3 is 6.18 Å². The van der Waals surface area contributed by atoms with Crippen LogP contribution in [0.4, 0.5) is 13.2 Å². The van der Waals surface area contributed by atoms with Gasteiger partial charge in [-0.2, -0.15) is 13.2 Å². The minimum absolute atomic E-state index is 0. The number of alkyl halides is 3. The first-order valence-electron chi connectivity index (χ1n) is 6.46. The second kappa shape index (κ2) is 5.43. The zero-order chi connectivity index (χ0) is 14.5. The first-order valence-corrected chi connectivity index (χ1v) is 6.46. The van der Waals surface area contributed by atoms with Crippen molar-refractivity contribution in [1.82, 2.24) is 5.32 Å². The molecule has 2 heterocycles. The van der Waals surface area contributed by atoms with Crippen molar-refractivity contribution >= 4 is 12.4 Å². The van der Waals surface area contributed by atoms with E-state index >= 15 is 0 Å². The molecule has 0 saturated carbocycles. The van der Waals surface area contributed by atoms with E-state index in [1.54, 1.807) is 13.2 Å². The molecule has 3 rings (SSSR count). The van der Waals surface area contributed by atoms with E-state index in [0.29, 0.717) is 12.1 Å². The number of hydrogen-bond acceptors (Lipinski definition) is 3. The molecular weight excluding hydrogens is 307 g/mol. The average Bonchev–Trinajstić information content (AvgIpc) is 2.74. The van der Waals surface area contributed by atoms with Gasteiger partial charge in [0.2, 0.25) is 0 Å². The Morgan fingerprint density at radius 2 is 2.10 bits per heavy atom. The van der Waals surface area contributed by atoms with Crippen LogP contribution in [-0.2, 0) is 22.3 Å². The third-order valence-corrected chi connectivity index (χ3v) is 4.27. The summed E-state index contributed by atoms with van der Waals surface area (Å²) in [6, 6.07) is 4.31. The SMILES string of the molecule is COC1NCC2(C)OCc3c(cccc3C(F)(F)F)C12.Cl. The summed E-state index contributed by atoms with van der Waals surface area (Å²) in [4.78, 5) is 0. The first-order chi connectivity index (χ1) is 9.37. The molecule has 3 unspecified atom stereocenters. The lowest BCUT2D eigenvalue weighted by Crippen LogP contribution is -2.42. The molecule has 3 atom stereocenters. The predicted molar refractivity (Wildman–Crippen MR) is 73.4 cm³/mol. The summed E-state index contributed by atoms with van der Waals surface area (Å²) in [5.41, 5.74) is -0.241. The summed E-state index contributed by atoms with van der Waals surface area (Å²) in [7, 11) is 1.55. The number of benzene rings is 1. The van der Waals surface area contributed by atoms with Gasteiger partial charge in [0.1, 0.15) is 6.23 Å². The van der Waals surface area contributed by atoms with Gasteiger partial charge < -0.3 is 9.47 Å². The van der Waals surface area contributed by atoms with E-state index in [1.807, 2.05) is 6.92 Å². The number of hydrogen-bond donors (Lipinski definition) is 1. The molecule has 1 aromatic rings. The van der Waals surface area contributed by atoms with Crippen molar-refractivity contribution in [1.29, 1.82) is 0 Å². The molecule has 1 N–H and O–H groups in total. The summed E-state index contributed by atoms with van der Waals surface area (Å²) in [6.07, 6.45) is -4.70. The van der Waals surface area contributed by atoms with Crippen LogP contribution in [0.2, 0.25) is 0 Å². The third kappa shape index (κ3) is 2.54. The van der Waals surface area contributed by atoms with Crippen molar-refractivity contribution in [2.24, 2.45) is 0 Å². The maximum Gasteiger partial charge on any atom is 0.416 e. The monoisotopic (exact) mass is 323 g/mol. The molecule has 0 aliphatic carbocycles. The Morgan fingerprint density at radius 3 is 2.71 bits per heavy atom. The highest BCUT2D eigenvalue weighted by Gasteiger charge is 2.51. The molecular formula is C14H17ClF3NO2. The molecule has 0 amide bonds. The molecule has 7 heteroatoms. The fourth-order valence-corrected chi connectivity index (χ4v) is 3.26. The van der Waals surface area contributed by atoms with E-state index in [9.17, 15) is 13.2 Å². The second-order valence-corrected chi connectivity index (χ2v) is 5.49. The minimum atomic E-state index is -4.36. The summed E-state index contributed by atoms with van der Waals surface area (Å²) in [5.74, 6) is -0.237. The van der Waals surface area contributed by atoms with E-state index < -0.39 is 17.3 Å². The fraction of sp³-hybridized carbons (Fsp3) is 0.571. The van der Waals surface area contributed by atoms with Crippen molar-refractivity contribution in [3.63, 3.8) is 0 Å². The maximum atomic E-state index is 13.1. The van der Waals surface area contributed by atoms with Crippen molar-refractivity contribution in [3.05, 3.63) is 34.9 Å². The molecule has 0 spiro atoms. The molecule has 21 heavy (non-hydrogen) atoms. The Hall–Kier alpha value is -0.820. The lowest BCUT2D eigenvalue weighted by atomic mass is 9.79. The van der Waals surface area contributed by atoms with Gasteiger partial charge in [0, 0.05) is 13.7 Å². The van der Waals surface area contributed by atoms with Crippen LogP contribution in [0.15, 0.2) is 18.2 Å². The Kier molecular flexibility index (Phi) is 4.28. The van der Waals surface area contributed by atoms with E-state index in [4.69, 9.17) is 9.47 Å². The standard InChI is InChI=1S/C14H16F3NO2.ClH/c1-13-7-18-12(19-2)11(13)8-4-3-5-10(14(15,16)17)9(8)6-20-13;/h3-5,11-12,18H,6-7H2,1-2H3;1H. The largest absolute Gasteiger partial charge is 0.416 e. The minimum Gasteiger partial charge on any atom is -0.368 e. The number of rotatable bonds is 1. The molecule has 2 aliphatic heterocycles. The predicted octanol–water partition coefficient (Wildman–Crippen LogP) is 3.08. The van der Waals surface area contributed by atoms with Gasteiger partial charge in [-0.1, -0.05) is 12.1 Å². The van der Waals surface area contributed by atoms with Gasteiger partial charge in [-0.25, -0.2) is 0 Å². The molecule has 1 fully saturated rings. The Bertz CT molecular complexity index is 537. The van der Waals surface area contributed by atoms with E-state index in [2.05, 4.69) is 5.32 Å². The summed E-state index contributed by atoms with van der Waals surface area (Å²) in [6.45, 7) is 2.45. The molecule has 1 saturated heterocycles. The molecule has 0 aromatic heterocycles. The van der Waals surface area contributed by atoms with E-state index in [0.717, 1.165) is 6.07 Å². The first kappa shape index (κ1) is 16.5. The zero-order valence-corrected chi connectivity index (χ0v) is 12.5. The van der Waals surface area contributed by atoms with Crippen molar-refractivity contribution < 1.29 is 22.6 Å². The van der Waals surface area contributed by atoms with Gasteiger partial charge in [0.25, 0.3) is 0 Å². The second-order valence-electron chi connectivity index (χ2n) is 5.49. The molecule has 118 valence electrons. The van der Waals surface area contributed by atoms with Gasteiger partial charge in [0.05, 0.1) is 23.7 Å². The normalized spacial score (nSPS) is 31.3. The van der Waals surface area contributed by atoms with E-state index in [1.165, 1.54) is 6.07 Å². The maximum absolute atomic E-state index is 13.1. The van der Waals surface area contributed by atoms with Gasteiger partial charge in [-0.15, -0.1) is 12.4 Å². The van der Waals surface area contributed by atoms with Gasteiger partial charge in [0.15, 0.2) is 0 Å². The molecule has 1 aromatic carbocycles. The Labute approximate surface area is 127 Å². The lowest BCUT2D eigenvalue weighted by molar-refractivity contribution is -0.141. The zero-order valence-electron chi connectivity index (χ0n) is 11.7. The fourth-order valence-electron chi connectivity index (χ4n) is 3.26. The average molecular weight is 324 g/mol. The van der Waals surface area contributed by atoms with Crippen LogP contribution in [0.5, 0.6) is 0 Å². The summed E-state index contributed by atoms with van der Waals surface area (Å²) < 4.78 is 50.4. The Morgan fingerprint density at radius 1 is 1.38 bits per heavy atom. The van der Waals surface area contributed by atoms with Gasteiger partial charge in [-0.05, 0) is 24.1 Å². The highest BCUT2D eigenvalue weighted by Crippen LogP contribution is 2.47. The molecule has 2 aliphatic rings. The number of methoxy groups -OCH3 is 1. The number of nitrogens with one attached hydrogen (secondary N) is 1. The smallest absolute Gasteiger partial charge is 0.368 e. The number of ether oxygens (including phenoxy) is 2. The van der Waals surface area contributed by atoms with Gasteiger partial charge in [-0.3, -0.25) is 5.32 Å². The van der Waals surface area contributed by atoms with Crippen molar-refractivity contribution in [3.8, 4) is 0 Å². The van der Waals surface area contributed by atoms with Crippen LogP contribution in [0.1, 0.15) is 29.5 Å². The molecule has 0 bridgehead atoms. The lowest BCUT2D eigenvalue weighted by Gasteiger charge is -2.39. The quantitative estimate of drug-likeness (QED) is 0.861. The highest BCUT2D eigenvalue weighted by atomic mass is 35.5. The van der Waals surface area contributed by atoms with Crippen LogP contribution in [0.3, 0.4) is 0 Å². The topological polar surface area (TPSA) is 30.5 Å². The van der Waals surface area contributed by atoms with Crippen LogP contribution in [0.25, 0.3) is 0 Å². The summed E-state index contributed by atoms with van der Waals surface area (Å²) >= 11 is 0.